The van der Waals surface area contributed by atoms with E-state index in [0.717, 1.165) is 11.8 Å². The van der Waals surface area contributed by atoms with Crippen LogP contribution in [0.5, 0.6) is 0 Å². The number of aryl methyl sites for hydroxylation is 1. The molecule has 0 heterocycles. The van der Waals surface area contributed by atoms with Crippen LogP contribution in [-0.2, 0) is 0 Å². The molecule has 76 valence electrons. The maximum Gasteiger partial charge on any atom is -0.00231 e. The second kappa shape index (κ2) is 4.14. The van der Waals surface area contributed by atoms with Gasteiger partial charge in [0.15, 0.2) is 0 Å². The van der Waals surface area contributed by atoms with E-state index in [-0.39, 0.29) is 0 Å². The predicted molar refractivity (Wildman–Crippen MR) is 60.6 cm³/mol. The van der Waals surface area contributed by atoms with Crippen LogP contribution in [0.2, 0.25) is 0 Å². The topological polar surface area (TPSA) is 12.0 Å². The fourth-order valence-electron chi connectivity index (χ4n) is 2.30. The largest absolute Gasteiger partial charge is 0.319 e. The monoisotopic (exact) mass is 189 g/mol. The molecule has 1 aromatic rings. The Bertz CT molecular complexity index is 283. The van der Waals surface area contributed by atoms with Gasteiger partial charge in [-0.15, -0.1) is 0 Å². The van der Waals surface area contributed by atoms with E-state index >= 15 is 0 Å². The first-order valence-electron chi connectivity index (χ1n) is 5.50. The lowest BCUT2D eigenvalue weighted by Crippen LogP contribution is -2.30. The van der Waals surface area contributed by atoms with Gasteiger partial charge in [-0.2, -0.15) is 0 Å². The highest BCUT2D eigenvalue weighted by molar-refractivity contribution is 5.26. The fourth-order valence-corrected chi connectivity index (χ4v) is 2.30. The lowest BCUT2D eigenvalue weighted by atomic mass is 9.71. The molecule has 0 bridgehead atoms. The molecule has 1 nitrogen and oxygen atoms in total. The van der Waals surface area contributed by atoms with Crippen molar-refractivity contribution in [2.24, 2.45) is 5.92 Å². The first-order valence-corrected chi connectivity index (χ1v) is 5.50. The molecule has 1 saturated carbocycles. The SMILES string of the molecule is CNCC1CC(c2ccc(C)cc2)C1. The summed E-state index contributed by atoms with van der Waals surface area (Å²) in [5.41, 5.74) is 2.89. The van der Waals surface area contributed by atoms with Gasteiger partial charge >= 0.3 is 0 Å². The number of hydrogen-bond donors (Lipinski definition) is 1. The first kappa shape index (κ1) is 9.72. The molecule has 14 heavy (non-hydrogen) atoms. The number of benzene rings is 1. The highest BCUT2D eigenvalue weighted by Gasteiger charge is 2.29. The van der Waals surface area contributed by atoms with Crippen molar-refractivity contribution in [1.82, 2.24) is 5.32 Å². The Kier molecular flexibility index (Phi) is 2.87. The Hall–Kier alpha value is -0.820. The minimum absolute atomic E-state index is 0.828. The van der Waals surface area contributed by atoms with Crippen LogP contribution in [0.4, 0.5) is 0 Å². The van der Waals surface area contributed by atoms with Gasteiger partial charge in [-0.3, -0.25) is 0 Å². The zero-order valence-electron chi connectivity index (χ0n) is 9.09. The molecule has 0 aliphatic heterocycles. The number of nitrogens with one attached hydrogen (secondary N) is 1. The molecule has 2 rings (SSSR count). The minimum Gasteiger partial charge on any atom is -0.319 e. The van der Waals surface area contributed by atoms with Gasteiger partial charge in [-0.25, -0.2) is 0 Å². The molecule has 0 saturated heterocycles. The molecule has 1 N–H and O–H groups in total. The fraction of sp³-hybridized carbons (Fsp3) is 0.538. The maximum absolute atomic E-state index is 3.25. The Morgan fingerprint density at radius 2 is 1.86 bits per heavy atom. The van der Waals surface area contributed by atoms with Gasteiger partial charge in [0.05, 0.1) is 0 Å². The average molecular weight is 189 g/mol. The van der Waals surface area contributed by atoms with Crippen molar-refractivity contribution >= 4 is 0 Å². The van der Waals surface area contributed by atoms with Gasteiger partial charge in [0.2, 0.25) is 0 Å². The van der Waals surface area contributed by atoms with Crippen molar-refractivity contribution in [3.05, 3.63) is 35.4 Å². The molecule has 1 aliphatic carbocycles. The Morgan fingerprint density at radius 3 is 2.43 bits per heavy atom. The molecule has 1 fully saturated rings. The van der Waals surface area contributed by atoms with Crippen LogP contribution in [0.25, 0.3) is 0 Å². The summed E-state index contributed by atoms with van der Waals surface area (Å²) in [5, 5.41) is 3.25. The summed E-state index contributed by atoms with van der Waals surface area (Å²) in [4.78, 5) is 0. The first-order chi connectivity index (χ1) is 6.79. The molecular weight excluding hydrogens is 170 g/mol. The molecule has 0 amide bonds. The highest BCUT2D eigenvalue weighted by Crippen LogP contribution is 2.41. The van der Waals surface area contributed by atoms with E-state index in [2.05, 4.69) is 36.5 Å². The maximum atomic E-state index is 3.25. The lowest BCUT2D eigenvalue weighted by Gasteiger charge is -2.35. The van der Waals surface area contributed by atoms with Crippen molar-refractivity contribution in [2.45, 2.75) is 25.7 Å². The summed E-state index contributed by atoms with van der Waals surface area (Å²) >= 11 is 0. The van der Waals surface area contributed by atoms with E-state index in [9.17, 15) is 0 Å². The summed E-state index contributed by atoms with van der Waals surface area (Å²) in [6.07, 6.45) is 2.73. The summed E-state index contributed by atoms with van der Waals surface area (Å²) in [7, 11) is 2.04. The predicted octanol–water partition coefficient (Wildman–Crippen LogP) is 2.71. The number of rotatable bonds is 3. The average Bonchev–Trinajstić information content (AvgIpc) is 2.13. The molecule has 1 aliphatic rings. The van der Waals surface area contributed by atoms with Crippen LogP contribution in [0.1, 0.15) is 29.9 Å². The van der Waals surface area contributed by atoms with Gasteiger partial charge in [0.25, 0.3) is 0 Å². The highest BCUT2D eigenvalue weighted by atomic mass is 14.8. The summed E-state index contributed by atoms with van der Waals surface area (Å²) in [6, 6.07) is 9.02. The van der Waals surface area contributed by atoms with Crippen molar-refractivity contribution in [3.8, 4) is 0 Å². The quantitative estimate of drug-likeness (QED) is 0.771. The normalized spacial score (nSPS) is 25.9. The third-order valence-corrected chi connectivity index (χ3v) is 3.28. The summed E-state index contributed by atoms with van der Waals surface area (Å²) in [5.74, 6) is 1.74. The third kappa shape index (κ3) is 1.98. The molecule has 0 atom stereocenters. The molecule has 0 radical (unpaired) electrons. The molecule has 0 unspecified atom stereocenters. The standard InChI is InChI=1S/C13H19N/c1-10-3-5-12(6-4-10)13-7-11(8-13)9-14-2/h3-6,11,13-14H,7-9H2,1-2H3. The zero-order valence-corrected chi connectivity index (χ0v) is 9.09. The van der Waals surface area contributed by atoms with Crippen molar-refractivity contribution in [3.63, 3.8) is 0 Å². The van der Waals surface area contributed by atoms with Crippen molar-refractivity contribution in [2.75, 3.05) is 13.6 Å². The summed E-state index contributed by atoms with van der Waals surface area (Å²) in [6.45, 7) is 3.33. The van der Waals surface area contributed by atoms with E-state index in [1.165, 1.54) is 30.5 Å². The van der Waals surface area contributed by atoms with Gasteiger partial charge in [0, 0.05) is 0 Å². The van der Waals surface area contributed by atoms with Crippen molar-refractivity contribution < 1.29 is 0 Å². The minimum atomic E-state index is 0.828. The third-order valence-electron chi connectivity index (χ3n) is 3.28. The Balaban J connectivity index is 1.90. The van der Waals surface area contributed by atoms with Crippen LogP contribution in [0, 0.1) is 12.8 Å². The van der Waals surface area contributed by atoms with E-state index < -0.39 is 0 Å². The molecule has 0 spiro atoms. The van der Waals surface area contributed by atoms with Crippen LogP contribution in [-0.4, -0.2) is 13.6 Å². The van der Waals surface area contributed by atoms with E-state index in [1.807, 2.05) is 7.05 Å². The van der Waals surface area contributed by atoms with E-state index in [0.29, 0.717) is 0 Å². The second-order valence-corrected chi connectivity index (χ2v) is 4.50. The Labute approximate surface area is 86.5 Å². The lowest BCUT2D eigenvalue weighted by molar-refractivity contribution is 0.259. The smallest absolute Gasteiger partial charge is 0.00231 e. The molecule has 1 aromatic carbocycles. The van der Waals surface area contributed by atoms with Gasteiger partial charge in [-0.05, 0) is 50.8 Å². The van der Waals surface area contributed by atoms with E-state index in [1.54, 1.807) is 0 Å². The van der Waals surface area contributed by atoms with Gasteiger partial charge in [0.1, 0.15) is 0 Å². The Morgan fingerprint density at radius 1 is 1.21 bits per heavy atom. The molecule has 0 aromatic heterocycles. The van der Waals surface area contributed by atoms with Gasteiger partial charge < -0.3 is 5.32 Å². The van der Waals surface area contributed by atoms with Crippen LogP contribution >= 0.6 is 0 Å². The molecule has 1 heteroatoms. The molecular formula is C13H19N. The summed E-state index contributed by atoms with van der Waals surface area (Å²) < 4.78 is 0. The van der Waals surface area contributed by atoms with Gasteiger partial charge in [-0.1, -0.05) is 29.8 Å². The number of hydrogen-bond acceptors (Lipinski definition) is 1. The second-order valence-electron chi connectivity index (χ2n) is 4.50. The van der Waals surface area contributed by atoms with Crippen LogP contribution in [0.3, 0.4) is 0 Å². The van der Waals surface area contributed by atoms with E-state index in [4.69, 9.17) is 0 Å². The zero-order chi connectivity index (χ0) is 9.97. The van der Waals surface area contributed by atoms with Crippen molar-refractivity contribution in [1.29, 1.82) is 0 Å². The van der Waals surface area contributed by atoms with Crippen LogP contribution < -0.4 is 5.32 Å². The van der Waals surface area contributed by atoms with Crippen LogP contribution in [0.15, 0.2) is 24.3 Å².